The third-order valence-electron chi connectivity index (χ3n) is 4.35. The molecule has 1 aliphatic rings. The van der Waals surface area contributed by atoms with Gasteiger partial charge in [0.15, 0.2) is 11.6 Å². The lowest BCUT2D eigenvalue weighted by Crippen LogP contribution is -2.26. The Bertz CT molecular complexity index is 458. The third kappa shape index (κ3) is 4.65. The fraction of sp³-hybridized carbons (Fsp3) is 0.647. The summed E-state index contributed by atoms with van der Waals surface area (Å²) in [6.45, 7) is 2.95. The predicted octanol–water partition coefficient (Wildman–Crippen LogP) is 5.63. The molecular weight excluding hydrogens is 292 g/mol. The van der Waals surface area contributed by atoms with Crippen LogP contribution < -0.4 is 5.32 Å². The van der Waals surface area contributed by atoms with Crippen LogP contribution in [0.4, 0.5) is 8.78 Å². The SMILES string of the molecule is CCCNC(CC1CCCCC1)c1cc(F)c(F)cc1Cl. The van der Waals surface area contributed by atoms with Gasteiger partial charge in [-0.15, -0.1) is 0 Å². The fourth-order valence-corrected chi connectivity index (χ4v) is 3.48. The molecule has 0 aromatic heterocycles. The number of hydrogen-bond acceptors (Lipinski definition) is 1. The molecule has 1 saturated carbocycles. The average Bonchev–Trinajstić information content (AvgIpc) is 2.48. The Balaban J connectivity index is 2.16. The summed E-state index contributed by atoms with van der Waals surface area (Å²) in [5.74, 6) is -1.05. The van der Waals surface area contributed by atoms with E-state index in [0.717, 1.165) is 25.5 Å². The minimum Gasteiger partial charge on any atom is -0.310 e. The van der Waals surface area contributed by atoms with Gasteiger partial charge in [-0.3, -0.25) is 0 Å². The zero-order chi connectivity index (χ0) is 15.2. The van der Waals surface area contributed by atoms with Crippen LogP contribution >= 0.6 is 11.6 Å². The minimum absolute atomic E-state index is 0.00986. The molecule has 0 heterocycles. The molecule has 0 bridgehead atoms. The van der Waals surface area contributed by atoms with E-state index >= 15 is 0 Å². The maximum absolute atomic E-state index is 13.6. The first-order chi connectivity index (χ1) is 10.1. The van der Waals surface area contributed by atoms with E-state index in [-0.39, 0.29) is 6.04 Å². The maximum Gasteiger partial charge on any atom is 0.160 e. The summed E-state index contributed by atoms with van der Waals surface area (Å²) in [6, 6.07) is 2.36. The van der Waals surface area contributed by atoms with Gasteiger partial charge in [-0.1, -0.05) is 50.6 Å². The van der Waals surface area contributed by atoms with Gasteiger partial charge >= 0.3 is 0 Å². The molecule has 1 aromatic carbocycles. The van der Waals surface area contributed by atoms with E-state index < -0.39 is 11.6 Å². The van der Waals surface area contributed by atoms with Crippen molar-refractivity contribution >= 4 is 11.6 Å². The number of benzene rings is 1. The van der Waals surface area contributed by atoms with Gasteiger partial charge in [0.25, 0.3) is 0 Å². The lowest BCUT2D eigenvalue weighted by molar-refractivity contribution is 0.299. The van der Waals surface area contributed by atoms with E-state index in [2.05, 4.69) is 12.2 Å². The normalized spacial score (nSPS) is 17.9. The van der Waals surface area contributed by atoms with Crippen LogP contribution in [-0.2, 0) is 0 Å². The second kappa shape index (κ2) is 8.09. The molecule has 4 heteroatoms. The van der Waals surface area contributed by atoms with Gasteiger partial charge < -0.3 is 5.32 Å². The topological polar surface area (TPSA) is 12.0 Å². The van der Waals surface area contributed by atoms with Gasteiger partial charge in [0.1, 0.15) is 0 Å². The highest BCUT2D eigenvalue weighted by atomic mass is 35.5. The van der Waals surface area contributed by atoms with Crippen molar-refractivity contribution in [1.29, 1.82) is 0 Å². The molecule has 1 aromatic rings. The van der Waals surface area contributed by atoms with Crippen LogP contribution in [0.1, 0.15) is 63.5 Å². The van der Waals surface area contributed by atoms with E-state index in [1.165, 1.54) is 38.2 Å². The zero-order valence-electron chi connectivity index (χ0n) is 12.6. The van der Waals surface area contributed by atoms with Crippen LogP contribution in [0.3, 0.4) is 0 Å². The Morgan fingerprint density at radius 2 is 1.86 bits per heavy atom. The summed E-state index contributed by atoms with van der Waals surface area (Å²) < 4.78 is 26.8. The molecule has 1 fully saturated rings. The lowest BCUT2D eigenvalue weighted by atomic mass is 9.83. The highest BCUT2D eigenvalue weighted by molar-refractivity contribution is 6.31. The summed E-state index contributed by atoms with van der Waals surface area (Å²) in [6.07, 6.45) is 8.27. The molecule has 0 radical (unpaired) electrons. The predicted molar refractivity (Wildman–Crippen MR) is 83.6 cm³/mol. The standard InChI is InChI=1S/C17H24ClF2N/c1-2-8-21-17(9-12-6-4-3-5-7-12)13-10-15(19)16(20)11-14(13)18/h10-12,17,21H,2-9H2,1H3. The molecule has 0 aliphatic heterocycles. The highest BCUT2D eigenvalue weighted by Gasteiger charge is 2.22. The molecule has 1 N–H and O–H groups in total. The minimum atomic E-state index is -0.879. The van der Waals surface area contributed by atoms with Crippen LogP contribution in [0, 0.1) is 17.6 Å². The number of nitrogens with one attached hydrogen (secondary N) is 1. The van der Waals surface area contributed by atoms with E-state index in [1.54, 1.807) is 0 Å². The van der Waals surface area contributed by atoms with Gasteiger partial charge in [-0.05, 0) is 43.0 Å². The van der Waals surface area contributed by atoms with Crippen molar-refractivity contribution in [2.24, 2.45) is 5.92 Å². The molecule has 0 spiro atoms. The smallest absolute Gasteiger partial charge is 0.160 e. The Morgan fingerprint density at radius 3 is 2.52 bits per heavy atom. The second-order valence-electron chi connectivity index (χ2n) is 6.03. The molecule has 1 atom stereocenters. The summed E-state index contributed by atoms with van der Waals surface area (Å²) in [7, 11) is 0. The van der Waals surface area contributed by atoms with Crippen LogP contribution in [0.5, 0.6) is 0 Å². The first-order valence-electron chi connectivity index (χ1n) is 7.99. The van der Waals surface area contributed by atoms with E-state index in [0.29, 0.717) is 16.5 Å². The van der Waals surface area contributed by atoms with Gasteiger partial charge in [-0.25, -0.2) is 8.78 Å². The summed E-state index contributed by atoms with van der Waals surface area (Å²) in [5, 5.41) is 3.76. The summed E-state index contributed by atoms with van der Waals surface area (Å²) in [5.41, 5.74) is 0.689. The number of hydrogen-bond donors (Lipinski definition) is 1. The average molecular weight is 316 g/mol. The van der Waals surface area contributed by atoms with Crippen molar-refractivity contribution in [3.63, 3.8) is 0 Å². The molecular formula is C17H24ClF2N. The quantitative estimate of drug-likeness (QED) is 0.671. The van der Waals surface area contributed by atoms with Crippen molar-refractivity contribution in [2.45, 2.75) is 57.9 Å². The Morgan fingerprint density at radius 1 is 1.19 bits per heavy atom. The highest BCUT2D eigenvalue weighted by Crippen LogP contribution is 2.35. The van der Waals surface area contributed by atoms with Crippen molar-refractivity contribution in [3.8, 4) is 0 Å². The van der Waals surface area contributed by atoms with E-state index in [4.69, 9.17) is 11.6 Å². The van der Waals surface area contributed by atoms with Gasteiger partial charge in [0.2, 0.25) is 0 Å². The largest absolute Gasteiger partial charge is 0.310 e. The van der Waals surface area contributed by atoms with Crippen LogP contribution in [0.2, 0.25) is 5.02 Å². The first-order valence-corrected chi connectivity index (χ1v) is 8.37. The number of halogens is 3. The maximum atomic E-state index is 13.6. The monoisotopic (exact) mass is 315 g/mol. The molecule has 1 unspecified atom stereocenters. The molecule has 2 rings (SSSR count). The first kappa shape index (κ1) is 16.7. The zero-order valence-corrected chi connectivity index (χ0v) is 13.4. The Kier molecular flexibility index (Phi) is 6.43. The van der Waals surface area contributed by atoms with Gasteiger partial charge in [0.05, 0.1) is 0 Å². The van der Waals surface area contributed by atoms with E-state index in [9.17, 15) is 8.78 Å². The van der Waals surface area contributed by atoms with E-state index in [1.807, 2.05) is 0 Å². The Hall–Kier alpha value is -0.670. The Labute approximate surface area is 131 Å². The lowest BCUT2D eigenvalue weighted by Gasteiger charge is -2.28. The molecule has 1 aliphatic carbocycles. The third-order valence-corrected chi connectivity index (χ3v) is 4.68. The van der Waals surface area contributed by atoms with Crippen LogP contribution in [-0.4, -0.2) is 6.54 Å². The van der Waals surface area contributed by atoms with Crippen molar-refractivity contribution < 1.29 is 8.78 Å². The molecule has 0 saturated heterocycles. The van der Waals surface area contributed by atoms with Crippen molar-refractivity contribution in [3.05, 3.63) is 34.4 Å². The second-order valence-corrected chi connectivity index (χ2v) is 6.44. The van der Waals surface area contributed by atoms with Crippen LogP contribution in [0.25, 0.3) is 0 Å². The molecule has 118 valence electrons. The summed E-state index contributed by atoms with van der Waals surface area (Å²) >= 11 is 6.15. The number of rotatable bonds is 6. The molecule has 0 amide bonds. The molecule has 1 nitrogen and oxygen atoms in total. The van der Waals surface area contributed by atoms with Gasteiger partial charge in [0, 0.05) is 11.1 Å². The van der Waals surface area contributed by atoms with Crippen LogP contribution in [0.15, 0.2) is 12.1 Å². The van der Waals surface area contributed by atoms with Gasteiger partial charge in [-0.2, -0.15) is 0 Å². The fourth-order valence-electron chi connectivity index (χ4n) is 3.20. The van der Waals surface area contributed by atoms with Crippen molar-refractivity contribution in [1.82, 2.24) is 5.32 Å². The summed E-state index contributed by atoms with van der Waals surface area (Å²) in [4.78, 5) is 0. The molecule has 21 heavy (non-hydrogen) atoms. The van der Waals surface area contributed by atoms with Crippen molar-refractivity contribution in [2.75, 3.05) is 6.54 Å².